The van der Waals surface area contributed by atoms with Crippen molar-refractivity contribution in [2.75, 3.05) is 19.6 Å². The molecule has 0 bridgehead atoms. The molecule has 0 spiro atoms. The number of nitrogens with one attached hydrogen (secondary N) is 2. The first-order valence-corrected chi connectivity index (χ1v) is 13.7. The van der Waals surface area contributed by atoms with E-state index in [2.05, 4.69) is 25.5 Å². The van der Waals surface area contributed by atoms with E-state index in [0.29, 0.717) is 25.1 Å². The van der Waals surface area contributed by atoms with E-state index in [1.807, 2.05) is 24.3 Å². The van der Waals surface area contributed by atoms with E-state index < -0.39 is 29.2 Å². The first kappa shape index (κ1) is 28.7. The van der Waals surface area contributed by atoms with Crippen molar-refractivity contribution in [1.29, 1.82) is 0 Å². The second-order valence-corrected chi connectivity index (χ2v) is 10.7. The molecule has 3 heterocycles. The smallest absolute Gasteiger partial charge is 0.384 e. The van der Waals surface area contributed by atoms with E-state index in [0.717, 1.165) is 55.1 Å². The van der Waals surface area contributed by atoms with Gasteiger partial charge in [0.2, 0.25) is 5.91 Å². The molecular weight excluding hydrogens is 535 g/mol. The minimum atomic E-state index is -4.55. The van der Waals surface area contributed by atoms with Crippen LogP contribution in [0.15, 0.2) is 67.1 Å². The van der Waals surface area contributed by atoms with Gasteiger partial charge in [0.25, 0.3) is 5.91 Å². The van der Waals surface area contributed by atoms with Crippen LogP contribution in [0.1, 0.15) is 53.7 Å². The van der Waals surface area contributed by atoms with Gasteiger partial charge in [0, 0.05) is 54.9 Å². The molecule has 1 aliphatic heterocycles. The molecule has 2 fully saturated rings. The summed E-state index contributed by atoms with van der Waals surface area (Å²) in [7, 11) is 0. The zero-order valence-electron chi connectivity index (χ0n) is 22.4. The van der Waals surface area contributed by atoms with Crippen LogP contribution in [0.3, 0.4) is 0 Å². The number of hydrogen-bond acceptors (Lipinski definition) is 6. The number of halogens is 3. The van der Waals surface area contributed by atoms with Crippen LogP contribution in [0.2, 0.25) is 0 Å². The molecule has 5 rings (SSSR count). The highest BCUT2D eigenvalue weighted by Gasteiger charge is 2.39. The van der Waals surface area contributed by atoms with Gasteiger partial charge < -0.3 is 15.7 Å². The number of rotatable bonds is 7. The lowest BCUT2D eigenvalue weighted by Gasteiger charge is -2.39. The van der Waals surface area contributed by atoms with Gasteiger partial charge in [0.15, 0.2) is 0 Å². The van der Waals surface area contributed by atoms with E-state index in [1.165, 1.54) is 6.07 Å². The Hall–Kier alpha value is -3.83. The van der Waals surface area contributed by atoms with Gasteiger partial charge in [-0.1, -0.05) is 12.1 Å². The van der Waals surface area contributed by atoms with Gasteiger partial charge in [-0.25, -0.2) is 0 Å². The molecule has 3 aromatic rings. The molecule has 1 saturated carbocycles. The third-order valence-electron chi connectivity index (χ3n) is 8.00. The lowest BCUT2D eigenvalue weighted by molar-refractivity contribution is -0.137. The number of carbonyl (C=O) groups is 2. The number of carbonyl (C=O) groups excluding carboxylic acids is 2. The van der Waals surface area contributed by atoms with E-state index in [1.54, 1.807) is 18.6 Å². The standard InChI is InChI=1S/C30H32F3N5O3/c31-30(32,33)23-3-1-2-21(16-23)28(40)36-18-27(39)37-24-10-15-38(19-24)25-6-11-29(41,12-7-25)26-5-4-22(17-35-26)20-8-13-34-14-9-20/h1-5,8-9,13-14,16-17,24-25,41H,6-7,10-12,15,18-19H2,(H,36,40)(H,37,39)/t24-,25?,29?/m1/s1. The third kappa shape index (κ3) is 6.91. The SMILES string of the molecule is O=C(CNC(=O)c1cccc(C(F)(F)F)c1)N[C@@H]1CCN(C2CCC(O)(c3ccc(-c4ccncc4)cn3)CC2)C1. The fourth-order valence-electron chi connectivity index (χ4n) is 5.70. The molecule has 1 saturated heterocycles. The van der Waals surface area contributed by atoms with Crippen molar-refractivity contribution in [2.24, 2.45) is 0 Å². The quantitative estimate of drug-likeness (QED) is 0.400. The Labute approximate surface area is 236 Å². The van der Waals surface area contributed by atoms with Crippen LogP contribution in [0, 0.1) is 0 Å². The van der Waals surface area contributed by atoms with Crippen molar-refractivity contribution in [3.63, 3.8) is 0 Å². The van der Waals surface area contributed by atoms with Gasteiger partial charge in [0.1, 0.15) is 5.60 Å². The lowest BCUT2D eigenvalue weighted by Crippen LogP contribution is -2.45. The van der Waals surface area contributed by atoms with Crippen LogP contribution in [0.4, 0.5) is 13.2 Å². The zero-order chi connectivity index (χ0) is 29.0. The number of pyridine rings is 2. The number of benzene rings is 1. The number of amides is 2. The van der Waals surface area contributed by atoms with Crippen LogP contribution >= 0.6 is 0 Å². The highest BCUT2D eigenvalue weighted by atomic mass is 19.4. The van der Waals surface area contributed by atoms with Gasteiger partial charge in [-0.3, -0.25) is 24.5 Å². The Morgan fingerprint density at radius 3 is 2.46 bits per heavy atom. The Kier molecular flexibility index (Phi) is 8.37. The van der Waals surface area contributed by atoms with Gasteiger partial charge in [0.05, 0.1) is 17.8 Å². The fourth-order valence-corrected chi connectivity index (χ4v) is 5.70. The highest BCUT2D eigenvalue weighted by molar-refractivity contribution is 5.96. The van der Waals surface area contributed by atoms with Crippen molar-refractivity contribution < 1.29 is 27.9 Å². The summed E-state index contributed by atoms with van der Waals surface area (Å²) in [4.78, 5) is 35.6. The molecule has 2 aliphatic rings. The number of hydrogen-bond donors (Lipinski definition) is 3. The maximum absolute atomic E-state index is 12.9. The lowest BCUT2D eigenvalue weighted by atomic mass is 9.79. The second kappa shape index (κ2) is 12.0. The number of aliphatic hydroxyl groups is 1. The monoisotopic (exact) mass is 567 g/mol. The van der Waals surface area contributed by atoms with Crippen molar-refractivity contribution in [3.05, 3.63) is 83.9 Å². The molecule has 1 aliphatic carbocycles. The minimum Gasteiger partial charge on any atom is -0.384 e. The van der Waals surface area contributed by atoms with Crippen LogP contribution in [-0.4, -0.2) is 63.5 Å². The molecular formula is C30H32F3N5O3. The Morgan fingerprint density at radius 2 is 1.78 bits per heavy atom. The van der Waals surface area contributed by atoms with E-state index in [4.69, 9.17) is 0 Å². The maximum Gasteiger partial charge on any atom is 0.416 e. The molecule has 11 heteroatoms. The number of likely N-dealkylation sites (tertiary alicyclic amines) is 1. The predicted octanol–water partition coefficient (Wildman–Crippen LogP) is 3.91. The van der Waals surface area contributed by atoms with Gasteiger partial charge in [-0.15, -0.1) is 0 Å². The average Bonchev–Trinajstić information content (AvgIpc) is 3.44. The topological polar surface area (TPSA) is 107 Å². The van der Waals surface area contributed by atoms with E-state index in [9.17, 15) is 27.9 Å². The summed E-state index contributed by atoms with van der Waals surface area (Å²) in [5.41, 5.74) is 0.608. The van der Waals surface area contributed by atoms with Gasteiger partial charge >= 0.3 is 6.18 Å². The molecule has 41 heavy (non-hydrogen) atoms. The summed E-state index contributed by atoms with van der Waals surface area (Å²) in [6.07, 6.45) is 4.24. The summed E-state index contributed by atoms with van der Waals surface area (Å²) in [5.74, 6) is -1.13. The molecule has 0 radical (unpaired) electrons. The predicted molar refractivity (Wildman–Crippen MR) is 146 cm³/mol. The summed E-state index contributed by atoms with van der Waals surface area (Å²) in [5, 5.41) is 16.6. The minimum absolute atomic E-state index is 0.0869. The Bertz CT molecular complexity index is 1360. The van der Waals surface area contributed by atoms with Crippen molar-refractivity contribution in [1.82, 2.24) is 25.5 Å². The Balaban J connectivity index is 1.07. The van der Waals surface area contributed by atoms with Crippen LogP contribution < -0.4 is 10.6 Å². The highest BCUT2D eigenvalue weighted by Crippen LogP contribution is 2.39. The van der Waals surface area contributed by atoms with Crippen molar-refractivity contribution in [2.45, 2.75) is 56.0 Å². The molecule has 8 nitrogen and oxygen atoms in total. The van der Waals surface area contributed by atoms with Crippen molar-refractivity contribution >= 4 is 11.8 Å². The molecule has 3 N–H and O–H groups in total. The normalized spacial score (nSPS) is 23.2. The summed E-state index contributed by atoms with van der Waals surface area (Å²) >= 11 is 0. The average molecular weight is 568 g/mol. The molecule has 2 amide bonds. The fraction of sp³-hybridized carbons (Fsp3) is 0.400. The van der Waals surface area contributed by atoms with Crippen LogP contribution in [0.5, 0.6) is 0 Å². The third-order valence-corrected chi connectivity index (χ3v) is 8.00. The maximum atomic E-state index is 12.9. The largest absolute Gasteiger partial charge is 0.416 e. The molecule has 2 aromatic heterocycles. The summed E-state index contributed by atoms with van der Waals surface area (Å²) in [6.45, 7) is 1.15. The van der Waals surface area contributed by atoms with Crippen LogP contribution in [0.25, 0.3) is 11.1 Å². The number of alkyl halides is 3. The Morgan fingerprint density at radius 1 is 1.02 bits per heavy atom. The number of aromatic nitrogens is 2. The van der Waals surface area contributed by atoms with Crippen molar-refractivity contribution in [3.8, 4) is 11.1 Å². The van der Waals surface area contributed by atoms with Crippen LogP contribution in [-0.2, 0) is 16.6 Å². The summed E-state index contributed by atoms with van der Waals surface area (Å²) < 4.78 is 38.7. The van der Waals surface area contributed by atoms with E-state index >= 15 is 0 Å². The molecule has 216 valence electrons. The first-order chi connectivity index (χ1) is 19.6. The first-order valence-electron chi connectivity index (χ1n) is 13.7. The molecule has 1 atom stereocenters. The molecule has 0 unspecified atom stereocenters. The summed E-state index contributed by atoms with van der Waals surface area (Å²) in [6, 6.07) is 12.0. The van der Waals surface area contributed by atoms with Gasteiger partial charge in [-0.2, -0.15) is 13.2 Å². The molecule has 1 aromatic carbocycles. The van der Waals surface area contributed by atoms with E-state index in [-0.39, 0.29) is 24.2 Å². The number of nitrogens with zero attached hydrogens (tertiary/aromatic N) is 3. The van der Waals surface area contributed by atoms with Gasteiger partial charge in [-0.05, 0) is 74.1 Å². The second-order valence-electron chi connectivity index (χ2n) is 10.7. The zero-order valence-corrected chi connectivity index (χ0v) is 22.4.